The number of nitrogens with zero attached hydrogens (tertiary/aromatic N) is 2. The van der Waals surface area contributed by atoms with E-state index in [0.717, 1.165) is 45.7 Å². The quantitative estimate of drug-likeness (QED) is 0.859. The summed E-state index contributed by atoms with van der Waals surface area (Å²) in [4.78, 5) is 16.9. The Kier molecular flexibility index (Phi) is 9.81. The average molecular weight is 326 g/mol. The molecule has 120 valence electrons. The van der Waals surface area contributed by atoms with Crippen LogP contribution >= 0.6 is 24.8 Å². The summed E-state index contributed by atoms with van der Waals surface area (Å²) in [6.07, 6.45) is 3.42. The summed E-state index contributed by atoms with van der Waals surface area (Å²) < 4.78 is 0. The van der Waals surface area contributed by atoms with E-state index in [-0.39, 0.29) is 30.9 Å². The summed E-state index contributed by atoms with van der Waals surface area (Å²) in [5.74, 6) is 1.05. The number of nitrogens with one attached hydrogen (secondary N) is 1. The van der Waals surface area contributed by atoms with Crippen molar-refractivity contribution in [2.75, 3.05) is 39.3 Å². The van der Waals surface area contributed by atoms with Crippen molar-refractivity contribution in [1.29, 1.82) is 0 Å². The third kappa shape index (κ3) is 5.76. The van der Waals surface area contributed by atoms with Crippen molar-refractivity contribution in [2.45, 2.75) is 39.2 Å². The Balaban J connectivity index is 0.00000180. The van der Waals surface area contributed by atoms with Crippen molar-refractivity contribution in [3.05, 3.63) is 0 Å². The van der Waals surface area contributed by atoms with Crippen LogP contribution in [0.25, 0.3) is 0 Å². The van der Waals surface area contributed by atoms with Crippen LogP contribution in [-0.2, 0) is 4.79 Å². The van der Waals surface area contributed by atoms with Gasteiger partial charge in [0.25, 0.3) is 0 Å². The van der Waals surface area contributed by atoms with Gasteiger partial charge in [-0.05, 0) is 25.3 Å². The van der Waals surface area contributed by atoms with Crippen molar-refractivity contribution in [3.63, 3.8) is 0 Å². The normalized spacial score (nSPS) is 23.9. The number of amides is 1. The second kappa shape index (κ2) is 9.82. The van der Waals surface area contributed by atoms with Gasteiger partial charge in [0, 0.05) is 32.7 Å². The molecular weight excluding hydrogens is 297 g/mol. The van der Waals surface area contributed by atoms with E-state index >= 15 is 0 Å². The summed E-state index contributed by atoms with van der Waals surface area (Å²) >= 11 is 0. The van der Waals surface area contributed by atoms with Gasteiger partial charge in [0.15, 0.2) is 0 Å². The number of piperidine rings is 1. The zero-order chi connectivity index (χ0) is 13.0. The molecule has 0 spiro atoms. The lowest BCUT2D eigenvalue weighted by Gasteiger charge is -2.37. The second-order valence-corrected chi connectivity index (χ2v) is 6.02. The van der Waals surface area contributed by atoms with E-state index in [1.165, 1.54) is 12.8 Å². The van der Waals surface area contributed by atoms with Crippen LogP contribution in [0.5, 0.6) is 0 Å². The number of carbonyl (C=O) groups excluding carboxylic acids is 1. The number of hydrogen-bond acceptors (Lipinski definition) is 3. The van der Waals surface area contributed by atoms with Gasteiger partial charge in [0.1, 0.15) is 0 Å². The van der Waals surface area contributed by atoms with Crippen molar-refractivity contribution in [3.8, 4) is 0 Å². The fraction of sp³-hybridized carbons (Fsp3) is 0.929. The van der Waals surface area contributed by atoms with Crippen LogP contribution in [0.2, 0.25) is 0 Å². The van der Waals surface area contributed by atoms with E-state index < -0.39 is 0 Å². The van der Waals surface area contributed by atoms with Crippen molar-refractivity contribution < 1.29 is 4.79 Å². The SMILES string of the molecule is CC(C)CN1CCN(C(=O)C2CCCCN2)CC1.Cl.Cl. The van der Waals surface area contributed by atoms with E-state index in [0.29, 0.717) is 11.8 Å². The van der Waals surface area contributed by atoms with Gasteiger partial charge in [0.2, 0.25) is 5.91 Å². The summed E-state index contributed by atoms with van der Waals surface area (Å²) in [7, 11) is 0. The number of rotatable bonds is 3. The fourth-order valence-electron chi connectivity index (χ4n) is 2.95. The predicted octanol–water partition coefficient (Wildman–Crippen LogP) is 1.77. The van der Waals surface area contributed by atoms with Gasteiger partial charge in [-0.3, -0.25) is 9.69 Å². The Labute approximate surface area is 135 Å². The summed E-state index contributed by atoms with van der Waals surface area (Å²) in [6, 6.07) is 0.0930. The largest absolute Gasteiger partial charge is 0.339 e. The first-order valence-electron chi connectivity index (χ1n) is 7.41. The molecule has 1 amide bonds. The first-order valence-corrected chi connectivity index (χ1v) is 7.41. The molecule has 2 rings (SSSR count). The fourth-order valence-corrected chi connectivity index (χ4v) is 2.95. The summed E-state index contributed by atoms with van der Waals surface area (Å²) in [6.45, 7) is 10.6. The Morgan fingerprint density at radius 3 is 2.30 bits per heavy atom. The highest BCUT2D eigenvalue weighted by atomic mass is 35.5. The maximum atomic E-state index is 12.3. The minimum atomic E-state index is 0. The first-order chi connectivity index (χ1) is 8.66. The molecule has 2 fully saturated rings. The molecule has 0 radical (unpaired) electrons. The van der Waals surface area contributed by atoms with Crippen LogP contribution in [-0.4, -0.2) is 61.0 Å². The molecule has 20 heavy (non-hydrogen) atoms. The maximum absolute atomic E-state index is 12.3. The van der Waals surface area contributed by atoms with E-state index in [9.17, 15) is 4.79 Å². The molecule has 4 nitrogen and oxygen atoms in total. The van der Waals surface area contributed by atoms with Gasteiger partial charge >= 0.3 is 0 Å². The highest BCUT2D eigenvalue weighted by molar-refractivity contribution is 5.85. The van der Waals surface area contributed by atoms with Crippen LogP contribution in [0.1, 0.15) is 33.1 Å². The third-order valence-corrected chi connectivity index (χ3v) is 3.92. The Morgan fingerprint density at radius 1 is 1.15 bits per heavy atom. The molecule has 1 N–H and O–H groups in total. The lowest BCUT2D eigenvalue weighted by atomic mass is 10.0. The highest BCUT2D eigenvalue weighted by Gasteiger charge is 2.28. The third-order valence-electron chi connectivity index (χ3n) is 3.92. The standard InChI is InChI=1S/C14H27N3O.2ClH/c1-12(2)11-16-7-9-17(10-8-16)14(18)13-5-3-4-6-15-13;;/h12-13,15H,3-11H2,1-2H3;2*1H. The van der Waals surface area contributed by atoms with Crippen LogP contribution in [0, 0.1) is 5.92 Å². The molecule has 0 aromatic carbocycles. The van der Waals surface area contributed by atoms with Gasteiger partial charge in [-0.15, -0.1) is 24.8 Å². The number of piperazine rings is 1. The topological polar surface area (TPSA) is 35.6 Å². The Hall–Kier alpha value is -0.0300. The maximum Gasteiger partial charge on any atom is 0.239 e. The molecule has 1 unspecified atom stereocenters. The number of hydrogen-bond donors (Lipinski definition) is 1. The summed E-state index contributed by atoms with van der Waals surface area (Å²) in [5.41, 5.74) is 0. The molecule has 0 aromatic rings. The second-order valence-electron chi connectivity index (χ2n) is 6.02. The monoisotopic (exact) mass is 325 g/mol. The molecule has 0 aliphatic carbocycles. The Bertz CT molecular complexity index is 276. The van der Waals surface area contributed by atoms with E-state index in [1.807, 2.05) is 0 Å². The highest BCUT2D eigenvalue weighted by Crippen LogP contribution is 2.12. The minimum Gasteiger partial charge on any atom is -0.339 e. The molecule has 1 atom stereocenters. The molecular formula is C14H29Cl2N3O. The molecule has 0 saturated carbocycles. The van der Waals surface area contributed by atoms with Gasteiger partial charge in [-0.2, -0.15) is 0 Å². The number of halogens is 2. The smallest absolute Gasteiger partial charge is 0.239 e. The summed E-state index contributed by atoms with van der Waals surface area (Å²) in [5, 5.41) is 3.35. The zero-order valence-corrected chi connectivity index (χ0v) is 14.3. The zero-order valence-electron chi connectivity index (χ0n) is 12.6. The van der Waals surface area contributed by atoms with Crippen molar-refractivity contribution in [1.82, 2.24) is 15.1 Å². The molecule has 2 aliphatic rings. The molecule has 0 aromatic heterocycles. The van der Waals surface area contributed by atoms with Crippen molar-refractivity contribution in [2.24, 2.45) is 5.92 Å². The lowest BCUT2D eigenvalue weighted by Crippen LogP contribution is -2.55. The van der Waals surface area contributed by atoms with Gasteiger partial charge in [-0.25, -0.2) is 0 Å². The molecule has 2 aliphatic heterocycles. The Morgan fingerprint density at radius 2 is 1.80 bits per heavy atom. The van der Waals surface area contributed by atoms with Crippen molar-refractivity contribution >= 4 is 30.7 Å². The van der Waals surface area contributed by atoms with Crippen LogP contribution in [0.4, 0.5) is 0 Å². The van der Waals surface area contributed by atoms with E-state index in [4.69, 9.17) is 0 Å². The van der Waals surface area contributed by atoms with Gasteiger partial charge in [0.05, 0.1) is 6.04 Å². The number of carbonyl (C=O) groups is 1. The van der Waals surface area contributed by atoms with Crippen LogP contribution in [0.3, 0.4) is 0 Å². The lowest BCUT2D eigenvalue weighted by molar-refractivity contribution is -0.135. The molecule has 2 heterocycles. The van der Waals surface area contributed by atoms with Crippen LogP contribution in [0.15, 0.2) is 0 Å². The van der Waals surface area contributed by atoms with Crippen LogP contribution < -0.4 is 5.32 Å². The first kappa shape index (κ1) is 20.0. The molecule has 2 saturated heterocycles. The van der Waals surface area contributed by atoms with Gasteiger partial charge in [-0.1, -0.05) is 20.3 Å². The molecule has 0 bridgehead atoms. The molecule has 6 heteroatoms. The van der Waals surface area contributed by atoms with E-state index in [1.54, 1.807) is 0 Å². The average Bonchev–Trinajstić information content (AvgIpc) is 2.39. The predicted molar refractivity (Wildman–Crippen MR) is 88.0 cm³/mol. The van der Waals surface area contributed by atoms with Gasteiger partial charge < -0.3 is 10.2 Å². The minimum absolute atomic E-state index is 0. The van der Waals surface area contributed by atoms with E-state index in [2.05, 4.69) is 29.0 Å².